The van der Waals surface area contributed by atoms with Crippen LogP contribution in [0.15, 0.2) is 53.1 Å². The maximum absolute atomic E-state index is 6.00. The molecule has 0 unspecified atom stereocenters. The lowest BCUT2D eigenvalue weighted by Gasteiger charge is -2.03. The highest BCUT2D eigenvalue weighted by Crippen LogP contribution is 2.21. The zero-order chi connectivity index (χ0) is 13.5. The fourth-order valence-corrected chi connectivity index (χ4v) is 2.41. The number of nitrogen functional groups attached to an aromatic ring is 1. The second-order valence-electron chi connectivity index (χ2n) is 4.68. The molecule has 1 aromatic carbocycles. The summed E-state index contributed by atoms with van der Waals surface area (Å²) in [4.78, 5) is 4.40. The Hall–Kier alpha value is -2.82. The summed E-state index contributed by atoms with van der Waals surface area (Å²) in [5.74, 6) is 1.41. The highest BCUT2D eigenvalue weighted by molar-refractivity contribution is 5.90. The van der Waals surface area contributed by atoms with Crippen LogP contribution in [-0.2, 0) is 6.42 Å². The summed E-state index contributed by atoms with van der Waals surface area (Å²) in [5.41, 5.74) is 8.61. The van der Waals surface area contributed by atoms with Gasteiger partial charge in [0, 0.05) is 11.5 Å². The van der Waals surface area contributed by atoms with Crippen molar-refractivity contribution in [2.24, 2.45) is 0 Å². The Balaban J connectivity index is 1.92. The Morgan fingerprint density at radius 2 is 2.05 bits per heavy atom. The van der Waals surface area contributed by atoms with Crippen LogP contribution in [0.2, 0.25) is 0 Å². The number of hydrogen-bond acceptors (Lipinski definition) is 4. The Morgan fingerprint density at radius 3 is 2.90 bits per heavy atom. The van der Waals surface area contributed by atoms with E-state index < -0.39 is 0 Å². The van der Waals surface area contributed by atoms with Crippen LogP contribution in [0.5, 0.6) is 0 Å². The molecule has 4 rings (SSSR count). The normalized spacial score (nSPS) is 11.4. The van der Waals surface area contributed by atoms with E-state index in [-0.39, 0.29) is 0 Å². The molecule has 4 aromatic rings. The van der Waals surface area contributed by atoms with Crippen molar-refractivity contribution in [3.8, 4) is 0 Å². The van der Waals surface area contributed by atoms with E-state index >= 15 is 0 Å². The number of nitrogens with two attached hydrogens (primary N) is 1. The molecule has 0 saturated heterocycles. The second kappa shape index (κ2) is 4.09. The van der Waals surface area contributed by atoms with Crippen molar-refractivity contribution in [2.75, 3.05) is 5.73 Å². The predicted octanol–water partition coefficient (Wildman–Crippen LogP) is 2.65. The quantitative estimate of drug-likeness (QED) is 0.604. The molecule has 0 atom stereocenters. The molecule has 0 saturated carbocycles. The van der Waals surface area contributed by atoms with E-state index in [4.69, 9.17) is 10.2 Å². The smallest absolute Gasteiger partial charge is 0.158 e. The van der Waals surface area contributed by atoms with Crippen molar-refractivity contribution in [1.82, 2.24) is 14.6 Å². The van der Waals surface area contributed by atoms with Gasteiger partial charge in [0.2, 0.25) is 0 Å². The lowest BCUT2D eigenvalue weighted by Crippen LogP contribution is -1.99. The van der Waals surface area contributed by atoms with Crippen molar-refractivity contribution >= 4 is 22.4 Å². The number of benzene rings is 1. The molecule has 0 aliphatic heterocycles. The third-order valence-electron chi connectivity index (χ3n) is 3.32. The van der Waals surface area contributed by atoms with E-state index in [1.54, 1.807) is 6.26 Å². The number of anilines is 1. The first kappa shape index (κ1) is 11.0. The van der Waals surface area contributed by atoms with Crippen molar-refractivity contribution in [1.29, 1.82) is 0 Å². The van der Waals surface area contributed by atoms with Crippen LogP contribution in [-0.4, -0.2) is 14.6 Å². The van der Waals surface area contributed by atoms with E-state index in [1.807, 2.05) is 47.0 Å². The maximum atomic E-state index is 6.00. The summed E-state index contributed by atoms with van der Waals surface area (Å²) in [6.45, 7) is 0. The molecule has 0 amide bonds. The summed E-state index contributed by atoms with van der Waals surface area (Å²) in [7, 11) is 0. The molecule has 3 aromatic heterocycles. The van der Waals surface area contributed by atoms with Crippen molar-refractivity contribution in [3.63, 3.8) is 0 Å². The monoisotopic (exact) mass is 264 g/mol. The minimum atomic E-state index is 0.526. The van der Waals surface area contributed by atoms with Gasteiger partial charge in [0.05, 0.1) is 23.9 Å². The molecule has 0 spiro atoms. The first-order valence-electron chi connectivity index (χ1n) is 6.36. The summed E-state index contributed by atoms with van der Waals surface area (Å²) in [5, 5.41) is 5.51. The number of fused-ring (bicyclic) bond motifs is 3. The number of furan rings is 1. The van der Waals surface area contributed by atoms with Gasteiger partial charge in [0.15, 0.2) is 5.65 Å². The molecular weight excluding hydrogens is 252 g/mol. The maximum Gasteiger partial charge on any atom is 0.158 e. The molecule has 5 nitrogen and oxygen atoms in total. The molecule has 20 heavy (non-hydrogen) atoms. The van der Waals surface area contributed by atoms with Gasteiger partial charge in [-0.25, -0.2) is 9.50 Å². The third-order valence-corrected chi connectivity index (χ3v) is 3.32. The minimum absolute atomic E-state index is 0.526. The SMILES string of the molecule is Nc1nc2cc(Cc3ccco3)nn2c2ccccc12. The van der Waals surface area contributed by atoms with E-state index in [9.17, 15) is 0 Å². The standard InChI is InChI=1S/C15H12N4O/c16-15-12-5-1-2-6-13(12)19-14(17-15)9-10(18-19)8-11-4-3-7-20-11/h1-7,9H,8H2,(H2,16,17). The lowest BCUT2D eigenvalue weighted by atomic mass is 10.2. The van der Waals surface area contributed by atoms with Crippen LogP contribution in [0.4, 0.5) is 5.82 Å². The fourth-order valence-electron chi connectivity index (χ4n) is 2.41. The van der Waals surface area contributed by atoms with E-state index in [2.05, 4.69) is 10.1 Å². The van der Waals surface area contributed by atoms with Gasteiger partial charge in [-0.15, -0.1) is 0 Å². The van der Waals surface area contributed by atoms with Crippen LogP contribution < -0.4 is 5.73 Å². The van der Waals surface area contributed by atoms with Crippen LogP contribution in [0.3, 0.4) is 0 Å². The van der Waals surface area contributed by atoms with Crippen molar-refractivity contribution in [2.45, 2.75) is 6.42 Å². The van der Waals surface area contributed by atoms with Gasteiger partial charge >= 0.3 is 0 Å². The average molecular weight is 264 g/mol. The van der Waals surface area contributed by atoms with Gasteiger partial charge in [0.1, 0.15) is 11.6 Å². The largest absolute Gasteiger partial charge is 0.469 e. The molecule has 98 valence electrons. The molecule has 0 bridgehead atoms. The first-order valence-corrected chi connectivity index (χ1v) is 6.36. The average Bonchev–Trinajstić information content (AvgIpc) is 3.09. The molecule has 0 aliphatic carbocycles. The minimum Gasteiger partial charge on any atom is -0.469 e. The highest BCUT2D eigenvalue weighted by Gasteiger charge is 2.10. The van der Waals surface area contributed by atoms with E-state index in [0.717, 1.165) is 28.0 Å². The first-order chi connectivity index (χ1) is 9.81. The summed E-state index contributed by atoms with van der Waals surface area (Å²) in [6.07, 6.45) is 2.31. The van der Waals surface area contributed by atoms with Gasteiger partial charge in [0.25, 0.3) is 0 Å². The number of hydrogen-bond donors (Lipinski definition) is 1. The molecule has 3 heterocycles. The Morgan fingerprint density at radius 1 is 1.15 bits per heavy atom. The van der Waals surface area contributed by atoms with E-state index in [0.29, 0.717) is 12.2 Å². The second-order valence-corrected chi connectivity index (χ2v) is 4.68. The molecule has 5 heteroatoms. The summed E-state index contributed by atoms with van der Waals surface area (Å²) < 4.78 is 7.17. The molecule has 0 aliphatic rings. The molecule has 2 N–H and O–H groups in total. The van der Waals surface area contributed by atoms with Crippen LogP contribution in [0.1, 0.15) is 11.5 Å². The number of para-hydroxylation sites is 1. The van der Waals surface area contributed by atoms with Gasteiger partial charge < -0.3 is 10.2 Å². The van der Waals surface area contributed by atoms with E-state index in [1.165, 1.54) is 0 Å². The van der Waals surface area contributed by atoms with Crippen LogP contribution >= 0.6 is 0 Å². The highest BCUT2D eigenvalue weighted by atomic mass is 16.3. The predicted molar refractivity (Wildman–Crippen MR) is 76.4 cm³/mol. The number of rotatable bonds is 2. The van der Waals surface area contributed by atoms with Crippen LogP contribution in [0.25, 0.3) is 16.6 Å². The summed E-state index contributed by atoms with van der Waals surface area (Å²) in [6, 6.07) is 13.6. The summed E-state index contributed by atoms with van der Waals surface area (Å²) >= 11 is 0. The topological polar surface area (TPSA) is 69.3 Å². The molecular formula is C15H12N4O. The number of aromatic nitrogens is 3. The van der Waals surface area contributed by atoms with Gasteiger partial charge in [-0.1, -0.05) is 12.1 Å². The van der Waals surface area contributed by atoms with Crippen molar-refractivity contribution in [3.05, 3.63) is 60.2 Å². The van der Waals surface area contributed by atoms with Crippen molar-refractivity contribution < 1.29 is 4.42 Å². The Bertz CT molecular complexity index is 893. The molecule has 0 radical (unpaired) electrons. The Kier molecular flexibility index (Phi) is 2.26. The lowest BCUT2D eigenvalue weighted by molar-refractivity contribution is 0.519. The third kappa shape index (κ3) is 1.64. The van der Waals surface area contributed by atoms with Gasteiger partial charge in [-0.2, -0.15) is 5.10 Å². The fraction of sp³-hybridized carbons (Fsp3) is 0.0667. The molecule has 0 fully saturated rings. The van der Waals surface area contributed by atoms with Gasteiger partial charge in [-0.05, 0) is 24.3 Å². The zero-order valence-corrected chi connectivity index (χ0v) is 10.7. The zero-order valence-electron chi connectivity index (χ0n) is 10.7. The van der Waals surface area contributed by atoms with Gasteiger partial charge in [-0.3, -0.25) is 0 Å². The van der Waals surface area contributed by atoms with Crippen LogP contribution in [0, 0.1) is 0 Å². The number of nitrogens with zero attached hydrogens (tertiary/aromatic N) is 3. The Labute approximate surface area is 114 Å².